The zero-order valence-electron chi connectivity index (χ0n) is 23.0. The number of nitrogens with zero attached hydrogens (tertiary/aromatic N) is 4. The number of carbonyl (C=O) groups is 4. The highest BCUT2D eigenvalue weighted by atomic mass is 16.2. The first-order valence-corrected chi connectivity index (χ1v) is 13.9. The summed E-state index contributed by atoms with van der Waals surface area (Å²) in [5.74, 6) is -1.63. The highest BCUT2D eigenvalue weighted by molar-refractivity contribution is 5.94. The van der Waals surface area contributed by atoms with Crippen LogP contribution < -0.4 is 27.8 Å². The smallest absolute Gasteiger partial charge is 0.347 e. The second kappa shape index (κ2) is 15.0. The number of nitrogens with one attached hydrogen (secondary N) is 2. The molecule has 1 aliphatic carbocycles. The van der Waals surface area contributed by atoms with E-state index in [1.807, 2.05) is 30.3 Å². The SMILES string of the molecule is C[C@@H](C(=O)N[C@@H](CCCCN)C(=O)N[C@@H](Cc1ccccc1)C(N)=O)N(C(=O)n1cc(N)nn1)C1CCCCC1. The van der Waals surface area contributed by atoms with Gasteiger partial charge in [-0.25, -0.2) is 4.79 Å². The molecule has 3 rings (SSSR count). The van der Waals surface area contributed by atoms with Crippen molar-refractivity contribution in [3.05, 3.63) is 42.1 Å². The Kier molecular flexibility index (Phi) is 11.4. The molecule has 0 bridgehead atoms. The lowest BCUT2D eigenvalue weighted by Crippen LogP contribution is -2.58. The molecule has 0 unspecified atom stereocenters. The Morgan fingerprint density at radius 2 is 1.70 bits per heavy atom. The summed E-state index contributed by atoms with van der Waals surface area (Å²) >= 11 is 0. The second-order valence-electron chi connectivity index (χ2n) is 10.2. The molecule has 2 aromatic rings. The van der Waals surface area contributed by atoms with Crippen LogP contribution in [0.1, 0.15) is 63.9 Å². The Balaban J connectivity index is 1.77. The first-order chi connectivity index (χ1) is 19.2. The van der Waals surface area contributed by atoms with Gasteiger partial charge in [0.15, 0.2) is 5.82 Å². The van der Waals surface area contributed by atoms with E-state index in [9.17, 15) is 19.2 Å². The van der Waals surface area contributed by atoms with Gasteiger partial charge in [0, 0.05) is 12.5 Å². The molecule has 218 valence electrons. The molecule has 3 atom stereocenters. The van der Waals surface area contributed by atoms with E-state index in [1.165, 1.54) is 11.1 Å². The van der Waals surface area contributed by atoms with E-state index in [2.05, 4.69) is 20.9 Å². The molecule has 1 aromatic carbocycles. The third-order valence-corrected chi connectivity index (χ3v) is 7.22. The van der Waals surface area contributed by atoms with Gasteiger partial charge in [-0.2, -0.15) is 4.68 Å². The van der Waals surface area contributed by atoms with Crippen LogP contribution >= 0.6 is 0 Å². The topological polar surface area (TPSA) is 204 Å². The Bertz CT molecular complexity index is 1130. The lowest BCUT2D eigenvalue weighted by molar-refractivity contribution is -0.133. The van der Waals surface area contributed by atoms with Gasteiger partial charge in [0.2, 0.25) is 17.7 Å². The number of rotatable bonds is 13. The van der Waals surface area contributed by atoms with Gasteiger partial charge in [-0.05, 0) is 51.1 Å². The Morgan fingerprint density at radius 3 is 2.30 bits per heavy atom. The lowest BCUT2D eigenvalue weighted by Gasteiger charge is -2.37. The quantitative estimate of drug-likeness (QED) is 0.222. The van der Waals surface area contributed by atoms with Crippen molar-refractivity contribution in [2.24, 2.45) is 11.5 Å². The van der Waals surface area contributed by atoms with Gasteiger partial charge < -0.3 is 32.7 Å². The Labute approximate surface area is 234 Å². The first kappa shape index (κ1) is 30.5. The normalized spacial score (nSPS) is 15.9. The standard InChI is InChI=1S/C27H41N9O4/c1-18(36(20-12-6-3-7-13-20)27(40)35-17-23(29)33-34-35)25(38)31-21(14-8-9-15-28)26(39)32-22(24(30)37)16-19-10-4-2-5-11-19/h2,4-5,10-11,17-18,20-22H,3,6-9,12-16,28-29H2,1H3,(H2,30,37)(H,31,38)(H,32,39)/t18-,21-,22-/m0/s1. The number of primary amides is 1. The highest BCUT2D eigenvalue weighted by Gasteiger charge is 2.36. The minimum Gasteiger partial charge on any atom is -0.381 e. The Hall–Kier alpha value is -4.00. The summed E-state index contributed by atoms with van der Waals surface area (Å²) in [5.41, 5.74) is 17.7. The number of nitrogens with two attached hydrogens (primary N) is 3. The van der Waals surface area contributed by atoms with Crippen LogP contribution in [0.15, 0.2) is 36.5 Å². The average Bonchev–Trinajstić information content (AvgIpc) is 3.39. The molecular formula is C27H41N9O4. The molecule has 0 saturated heterocycles. The van der Waals surface area contributed by atoms with Crippen molar-refractivity contribution in [1.82, 2.24) is 30.5 Å². The summed E-state index contributed by atoms with van der Waals surface area (Å²) in [6, 6.07) is 5.67. The molecule has 1 aliphatic rings. The number of unbranched alkanes of at least 4 members (excludes halogenated alkanes) is 1. The van der Waals surface area contributed by atoms with E-state index < -0.39 is 41.9 Å². The summed E-state index contributed by atoms with van der Waals surface area (Å²) in [4.78, 5) is 54.0. The average molecular weight is 556 g/mol. The minimum absolute atomic E-state index is 0.0881. The minimum atomic E-state index is -0.959. The largest absolute Gasteiger partial charge is 0.381 e. The summed E-state index contributed by atoms with van der Waals surface area (Å²) in [6.45, 7) is 2.06. The fraction of sp³-hybridized carbons (Fsp3) is 0.556. The fourth-order valence-electron chi connectivity index (χ4n) is 5.01. The molecule has 1 aromatic heterocycles. The van der Waals surface area contributed by atoms with Crippen molar-refractivity contribution in [3.63, 3.8) is 0 Å². The maximum atomic E-state index is 13.6. The van der Waals surface area contributed by atoms with Crippen molar-refractivity contribution in [1.29, 1.82) is 0 Å². The molecule has 1 heterocycles. The van der Waals surface area contributed by atoms with Gasteiger partial charge in [-0.3, -0.25) is 14.4 Å². The fourth-order valence-corrected chi connectivity index (χ4v) is 5.01. The predicted octanol–water partition coefficient (Wildman–Crippen LogP) is 0.678. The van der Waals surface area contributed by atoms with E-state index in [0.29, 0.717) is 25.8 Å². The maximum absolute atomic E-state index is 13.6. The molecule has 0 radical (unpaired) electrons. The van der Waals surface area contributed by atoms with Crippen LogP contribution in [0.25, 0.3) is 0 Å². The van der Waals surface area contributed by atoms with Gasteiger partial charge in [-0.15, -0.1) is 5.10 Å². The number of benzene rings is 1. The summed E-state index contributed by atoms with van der Waals surface area (Å²) in [6.07, 6.45) is 7.46. The monoisotopic (exact) mass is 555 g/mol. The highest BCUT2D eigenvalue weighted by Crippen LogP contribution is 2.25. The van der Waals surface area contributed by atoms with Crippen LogP contribution in [-0.4, -0.2) is 74.4 Å². The van der Waals surface area contributed by atoms with E-state index in [-0.39, 0.29) is 18.3 Å². The van der Waals surface area contributed by atoms with Gasteiger partial charge in [-0.1, -0.05) is 54.8 Å². The third kappa shape index (κ3) is 8.50. The molecule has 40 heavy (non-hydrogen) atoms. The number of carbonyl (C=O) groups excluding carboxylic acids is 4. The number of aromatic nitrogens is 3. The van der Waals surface area contributed by atoms with Crippen LogP contribution in [0, 0.1) is 0 Å². The predicted molar refractivity (Wildman–Crippen MR) is 150 cm³/mol. The number of nitrogen functional groups attached to an aromatic ring is 1. The van der Waals surface area contributed by atoms with Crippen LogP contribution in [0.5, 0.6) is 0 Å². The number of anilines is 1. The molecule has 1 fully saturated rings. The molecule has 13 heteroatoms. The zero-order valence-corrected chi connectivity index (χ0v) is 23.0. The van der Waals surface area contributed by atoms with Gasteiger partial charge in [0.25, 0.3) is 0 Å². The molecule has 4 amide bonds. The van der Waals surface area contributed by atoms with Crippen molar-refractivity contribution in [2.45, 2.75) is 88.9 Å². The van der Waals surface area contributed by atoms with E-state index >= 15 is 0 Å². The van der Waals surface area contributed by atoms with Crippen molar-refractivity contribution >= 4 is 29.6 Å². The van der Waals surface area contributed by atoms with E-state index in [0.717, 1.165) is 42.3 Å². The van der Waals surface area contributed by atoms with Crippen LogP contribution in [0.3, 0.4) is 0 Å². The maximum Gasteiger partial charge on any atom is 0.347 e. The number of hydrogen-bond acceptors (Lipinski definition) is 8. The molecule has 8 N–H and O–H groups in total. The van der Waals surface area contributed by atoms with E-state index in [4.69, 9.17) is 17.2 Å². The second-order valence-corrected chi connectivity index (χ2v) is 10.2. The third-order valence-electron chi connectivity index (χ3n) is 7.22. The van der Waals surface area contributed by atoms with Gasteiger partial charge in [0.1, 0.15) is 18.1 Å². The lowest BCUT2D eigenvalue weighted by atomic mass is 9.93. The molecule has 1 saturated carbocycles. The van der Waals surface area contributed by atoms with Crippen LogP contribution in [0.4, 0.5) is 10.6 Å². The summed E-state index contributed by atoms with van der Waals surface area (Å²) in [5, 5.41) is 13.0. The van der Waals surface area contributed by atoms with E-state index in [1.54, 1.807) is 6.92 Å². The molecular weight excluding hydrogens is 514 g/mol. The first-order valence-electron chi connectivity index (χ1n) is 13.9. The molecule has 0 spiro atoms. The zero-order chi connectivity index (χ0) is 29.1. The van der Waals surface area contributed by atoms with Crippen molar-refractivity contribution in [2.75, 3.05) is 12.3 Å². The van der Waals surface area contributed by atoms with Crippen LogP contribution in [-0.2, 0) is 20.8 Å². The Morgan fingerprint density at radius 1 is 1.02 bits per heavy atom. The molecule has 0 aliphatic heterocycles. The van der Waals surface area contributed by atoms with Gasteiger partial charge >= 0.3 is 6.03 Å². The summed E-state index contributed by atoms with van der Waals surface area (Å²) < 4.78 is 1.03. The number of amides is 4. The van der Waals surface area contributed by atoms with Crippen molar-refractivity contribution in [3.8, 4) is 0 Å². The molecule has 13 nitrogen and oxygen atoms in total. The number of hydrogen-bond donors (Lipinski definition) is 5. The summed E-state index contributed by atoms with van der Waals surface area (Å²) in [7, 11) is 0. The van der Waals surface area contributed by atoms with Crippen LogP contribution in [0.2, 0.25) is 0 Å². The van der Waals surface area contributed by atoms with Crippen molar-refractivity contribution < 1.29 is 19.2 Å². The van der Waals surface area contributed by atoms with Gasteiger partial charge in [0.05, 0.1) is 6.20 Å².